The van der Waals surface area contributed by atoms with Crippen LogP contribution in [-0.4, -0.2) is 25.1 Å². The van der Waals surface area contributed by atoms with E-state index in [0.29, 0.717) is 12.1 Å². The molecule has 0 unspecified atom stereocenters. The van der Waals surface area contributed by atoms with Gasteiger partial charge in [0.15, 0.2) is 6.54 Å². The summed E-state index contributed by atoms with van der Waals surface area (Å²) < 4.78 is 5.35. The first-order valence-electron chi connectivity index (χ1n) is 9.34. The van der Waals surface area contributed by atoms with Gasteiger partial charge < -0.3 is 15.4 Å². The average molecular weight is 329 g/mol. The number of methoxy groups -OCH3 is 1. The van der Waals surface area contributed by atoms with Crippen molar-refractivity contribution in [1.82, 2.24) is 0 Å². The van der Waals surface area contributed by atoms with Crippen LogP contribution in [0.25, 0.3) is 0 Å². The van der Waals surface area contributed by atoms with Crippen LogP contribution in [0.3, 0.4) is 0 Å². The number of nitrogens with one attached hydrogen (secondary N) is 1. The van der Waals surface area contributed by atoms with E-state index in [9.17, 15) is 4.79 Å². The Labute approximate surface area is 144 Å². The molecule has 5 rings (SSSR count). The maximum Gasteiger partial charge on any atom is 0.279 e. The Morgan fingerprint density at radius 3 is 2.42 bits per heavy atom. The lowest BCUT2D eigenvalue weighted by molar-refractivity contribution is -0.729. The number of anilines is 1. The first kappa shape index (κ1) is 15.9. The molecule has 4 fully saturated rings. The molecule has 24 heavy (non-hydrogen) atoms. The fraction of sp³-hybridized carbons (Fsp3) is 0.650. The van der Waals surface area contributed by atoms with E-state index >= 15 is 0 Å². The van der Waals surface area contributed by atoms with Crippen molar-refractivity contribution in [3.8, 4) is 5.75 Å². The Bertz CT molecular complexity index is 605. The highest BCUT2D eigenvalue weighted by Gasteiger charge is 2.53. The van der Waals surface area contributed by atoms with Gasteiger partial charge in [-0.25, -0.2) is 0 Å². The number of hydrogen-bond acceptors (Lipinski definition) is 2. The monoisotopic (exact) mass is 329 g/mol. The van der Waals surface area contributed by atoms with Crippen LogP contribution in [0.4, 0.5) is 5.69 Å². The van der Waals surface area contributed by atoms with Gasteiger partial charge in [0.05, 0.1) is 18.3 Å². The molecule has 4 nitrogen and oxygen atoms in total. The van der Waals surface area contributed by atoms with Gasteiger partial charge >= 0.3 is 0 Å². The molecule has 1 amide bonds. The van der Waals surface area contributed by atoms with Crippen molar-refractivity contribution in [2.45, 2.75) is 51.0 Å². The van der Waals surface area contributed by atoms with Gasteiger partial charge in [-0.05, 0) is 61.6 Å². The SMILES string of the molecule is COc1ccc(C)cc1NC(=O)C[NH2+]C12CC3CC(CC(C3)C1)C2. The van der Waals surface area contributed by atoms with Crippen molar-refractivity contribution < 1.29 is 14.8 Å². The molecule has 0 aliphatic heterocycles. The van der Waals surface area contributed by atoms with E-state index in [0.717, 1.165) is 34.8 Å². The molecule has 0 heterocycles. The van der Waals surface area contributed by atoms with Crippen LogP contribution in [0.15, 0.2) is 18.2 Å². The molecule has 4 bridgehead atoms. The van der Waals surface area contributed by atoms with Gasteiger partial charge in [0.25, 0.3) is 5.91 Å². The molecule has 1 aromatic carbocycles. The average Bonchev–Trinajstić information content (AvgIpc) is 2.52. The first-order chi connectivity index (χ1) is 11.5. The highest BCUT2D eigenvalue weighted by molar-refractivity contribution is 5.93. The Morgan fingerprint density at radius 1 is 1.21 bits per heavy atom. The molecular formula is C20H29N2O2+. The third kappa shape index (κ3) is 3.04. The van der Waals surface area contributed by atoms with Crippen molar-refractivity contribution in [3.05, 3.63) is 23.8 Å². The van der Waals surface area contributed by atoms with E-state index in [1.54, 1.807) is 7.11 Å². The molecule has 4 saturated carbocycles. The summed E-state index contributed by atoms with van der Waals surface area (Å²) >= 11 is 0. The Hall–Kier alpha value is -1.55. The van der Waals surface area contributed by atoms with E-state index in [1.165, 1.54) is 38.5 Å². The van der Waals surface area contributed by atoms with Crippen molar-refractivity contribution in [1.29, 1.82) is 0 Å². The number of aryl methyl sites for hydroxylation is 1. The summed E-state index contributed by atoms with van der Waals surface area (Å²) in [5.41, 5.74) is 2.25. The quantitative estimate of drug-likeness (QED) is 0.872. The smallest absolute Gasteiger partial charge is 0.279 e. The van der Waals surface area contributed by atoms with Crippen molar-refractivity contribution in [3.63, 3.8) is 0 Å². The second kappa shape index (κ2) is 6.07. The Balaban J connectivity index is 1.38. The number of carbonyl (C=O) groups excluding carboxylic acids is 1. The predicted molar refractivity (Wildman–Crippen MR) is 94.1 cm³/mol. The highest BCUT2D eigenvalue weighted by Crippen LogP contribution is 2.54. The maximum atomic E-state index is 12.5. The number of ether oxygens (including phenoxy) is 1. The lowest BCUT2D eigenvalue weighted by Crippen LogP contribution is -3.00. The molecule has 1 aromatic rings. The number of rotatable bonds is 5. The highest BCUT2D eigenvalue weighted by atomic mass is 16.5. The molecule has 4 heteroatoms. The summed E-state index contributed by atoms with van der Waals surface area (Å²) in [7, 11) is 1.64. The van der Waals surface area contributed by atoms with Crippen LogP contribution in [0.5, 0.6) is 5.75 Å². The second-order valence-corrected chi connectivity index (χ2v) is 8.44. The lowest BCUT2D eigenvalue weighted by Gasteiger charge is -2.54. The molecule has 0 radical (unpaired) electrons. The topological polar surface area (TPSA) is 54.9 Å². The zero-order valence-electron chi connectivity index (χ0n) is 14.8. The molecule has 0 atom stereocenters. The summed E-state index contributed by atoms with van der Waals surface area (Å²) in [6.45, 7) is 2.54. The minimum Gasteiger partial charge on any atom is -0.495 e. The number of benzene rings is 1. The molecule has 4 aliphatic rings. The number of nitrogens with two attached hydrogens (primary N) is 1. The van der Waals surface area contributed by atoms with Crippen molar-refractivity contribution in [2.75, 3.05) is 19.0 Å². The number of amides is 1. The van der Waals surface area contributed by atoms with Gasteiger partial charge in [-0.2, -0.15) is 0 Å². The summed E-state index contributed by atoms with van der Waals surface area (Å²) in [5.74, 6) is 3.57. The van der Waals surface area contributed by atoms with Gasteiger partial charge in [0, 0.05) is 19.3 Å². The fourth-order valence-electron chi connectivity index (χ4n) is 5.86. The fourth-order valence-corrected chi connectivity index (χ4v) is 5.86. The van der Waals surface area contributed by atoms with Gasteiger partial charge in [-0.1, -0.05) is 6.07 Å². The zero-order valence-corrected chi connectivity index (χ0v) is 14.8. The standard InChI is InChI=1S/C20H28N2O2/c1-13-3-4-18(24-2)17(5-13)22-19(23)12-21-20-9-14-6-15(10-20)8-16(7-14)11-20/h3-5,14-16,21H,6-12H2,1-2H3,(H,22,23)/p+1. The molecule has 0 saturated heterocycles. The second-order valence-electron chi connectivity index (χ2n) is 8.44. The van der Waals surface area contributed by atoms with Crippen LogP contribution in [-0.2, 0) is 4.79 Å². The molecule has 0 aromatic heterocycles. The Morgan fingerprint density at radius 2 is 1.83 bits per heavy atom. The lowest BCUT2D eigenvalue weighted by atomic mass is 9.53. The minimum absolute atomic E-state index is 0.0784. The third-order valence-corrected chi connectivity index (χ3v) is 6.44. The molecule has 0 spiro atoms. The number of hydrogen-bond donors (Lipinski definition) is 2. The molecule has 130 valence electrons. The third-order valence-electron chi connectivity index (χ3n) is 6.44. The minimum atomic E-state index is 0.0784. The van der Waals surface area contributed by atoms with Gasteiger partial charge in [0.1, 0.15) is 5.75 Å². The van der Waals surface area contributed by atoms with Gasteiger partial charge in [-0.15, -0.1) is 0 Å². The van der Waals surface area contributed by atoms with E-state index in [-0.39, 0.29) is 5.91 Å². The Kier molecular flexibility index (Phi) is 4.03. The zero-order chi connectivity index (χ0) is 16.7. The summed E-state index contributed by atoms with van der Waals surface area (Å²) in [4.78, 5) is 12.5. The van der Waals surface area contributed by atoms with Gasteiger partial charge in [0.2, 0.25) is 0 Å². The van der Waals surface area contributed by atoms with E-state index in [1.807, 2.05) is 25.1 Å². The summed E-state index contributed by atoms with van der Waals surface area (Å²) in [5, 5.41) is 5.40. The van der Waals surface area contributed by atoms with Crippen molar-refractivity contribution >= 4 is 11.6 Å². The maximum absolute atomic E-state index is 12.5. The summed E-state index contributed by atoms with van der Waals surface area (Å²) in [6, 6.07) is 5.88. The molecular weight excluding hydrogens is 300 g/mol. The summed E-state index contributed by atoms with van der Waals surface area (Å²) in [6.07, 6.45) is 8.29. The van der Waals surface area contributed by atoms with Crippen LogP contribution in [0.1, 0.15) is 44.1 Å². The number of quaternary nitrogens is 1. The van der Waals surface area contributed by atoms with Crippen molar-refractivity contribution in [2.24, 2.45) is 17.8 Å². The molecule has 4 aliphatic carbocycles. The van der Waals surface area contributed by atoms with Crippen LogP contribution < -0.4 is 15.4 Å². The normalized spacial score (nSPS) is 33.5. The first-order valence-corrected chi connectivity index (χ1v) is 9.34. The van der Waals surface area contributed by atoms with Crippen LogP contribution >= 0.6 is 0 Å². The van der Waals surface area contributed by atoms with E-state index in [4.69, 9.17) is 4.74 Å². The predicted octanol–water partition coefficient (Wildman–Crippen LogP) is 2.47. The van der Waals surface area contributed by atoms with E-state index < -0.39 is 0 Å². The van der Waals surface area contributed by atoms with E-state index in [2.05, 4.69) is 10.6 Å². The number of carbonyl (C=O) groups is 1. The van der Waals surface area contributed by atoms with Crippen LogP contribution in [0.2, 0.25) is 0 Å². The molecule has 3 N–H and O–H groups in total. The largest absolute Gasteiger partial charge is 0.495 e. The van der Waals surface area contributed by atoms with Crippen LogP contribution in [0, 0.1) is 24.7 Å². The van der Waals surface area contributed by atoms with Gasteiger partial charge in [-0.3, -0.25) is 4.79 Å².